The highest BCUT2D eigenvalue weighted by Gasteiger charge is 2.20. The summed E-state index contributed by atoms with van der Waals surface area (Å²) in [4.78, 5) is 25.4. The Bertz CT molecular complexity index is 519. The molecule has 0 saturated heterocycles. The maximum atomic E-state index is 11.8. The van der Waals surface area contributed by atoms with Crippen LogP contribution in [0.4, 0.5) is 5.69 Å². The Morgan fingerprint density at radius 2 is 2.20 bits per heavy atom. The first-order chi connectivity index (χ1) is 9.26. The molecule has 7 nitrogen and oxygen atoms in total. The lowest BCUT2D eigenvalue weighted by molar-refractivity contribution is -0.385. The Labute approximate surface area is 121 Å². The summed E-state index contributed by atoms with van der Waals surface area (Å²) in [6.45, 7) is 3.81. The number of pyridine rings is 1. The van der Waals surface area contributed by atoms with Gasteiger partial charge in [0, 0.05) is 19.6 Å². The summed E-state index contributed by atoms with van der Waals surface area (Å²) in [5, 5.41) is 10.5. The van der Waals surface area contributed by atoms with Crippen LogP contribution >= 0.6 is 11.6 Å². The molecule has 1 heterocycles. The number of hydrogen-bond acceptors (Lipinski definition) is 6. The smallest absolute Gasteiger partial charge is 0.341 e. The molecule has 0 unspecified atom stereocenters. The van der Waals surface area contributed by atoms with Gasteiger partial charge in [0.2, 0.25) is 0 Å². The summed E-state index contributed by atoms with van der Waals surface area (Å²) < 4.78 is 10.2. The van der Waals surface area contributed by atoms with Crippen LogP contribution in [0.15, 0.2) is 12.3 Å². The standard InChI is InChI=1S/C12H15ClN2O5/c1-12(2,19-3)4-5-20-11(16)9-6-8(15(17)18)7-14-10(9)13/h6-7H,4-5H2,1-3H3. The summed E-state index contributed by atoms with van der Waals surface area (Å²) in [6.07, 6.45) is 1.46. The number of nitro groups is 1. The lowest BCUT2D eigenvalue weighted by atomic mass is 10.1. The van der Waals surface area contributed by atoms with Gasteiger partial charge in [-0.05, 0) is 13.8 Å². The summed E-state index contributed by atoms with van der Waals surface area (Å²) in [6, 6.07) is 1.04. The maximum absolute atomic E-state index is 11.8. The molecule has 0 N–H and O–H groups in total. The number of rotatable bonds is 6. The first kappa shape index (κ1) is 16.3. The topological polar surface area (TPSA) is 91.6 Å². The molecule has 0 fully saturated rings. The number of halogens is 1. The monoisotopic (exact) mass is 302 g/mol. The van der Waals surface area contributed by atoms with Gasteiger partial charge in [0.05, 0.1) is 17.1 Å². The molecule has 20 heavy (non-hydrogen) atoms. The molecule has 0 radical (unpaired) electrons. The molecular formula is C12H15ClN2O5. The Kier molecular flexibility index (Phi) is 5.41. The fraction of sp³-hybridized carbons (Fsp3) is 0.500. The van der Waals surface area contributed by atoms with Crippen LogP contribution in [0.3, 0.4) is 0 Å². The Morgan fingerprint density at radius 3 is 2.75 bits per heavy atom. The second kappa shape index (κ2) is 6.62. The molecule has 1 aromatic rings. The number of esters is 1. The minimum atomic E-state index is -0.752. The Morgan fingerprint density at radius 1 is 1.55 bits per heavy atom. The number of methoxy groups -OCH3 is 1. The first-order valence-electron chi connectivity index (χ1n) is 5.79. The van der Waals surface area contributed by atoms with E-state index in [0.717, 1.165) is 12.3 Å². The van der Waals surface area contributed by atoms with Gasteiger partial charge in [0.25, 0.3) is 5.69 Å². The van der Waals surface area contributed by atoms with Gasteiger partial charge in [-0.1, -0.05) is 11.6 Å². The van der Waals surface area contributed by atoms with Crippen LogP contribution in [0, 0.1) is 10.1 Å². The number of hydrogen-bond donors (Lipinski definition) is 0. The third kappa shape index (κ3) is 4.43. The van der Waals surface area contributed by atoms with Gasteiger partial charge in [0.15, 0.2) is 0 Å². The van der Waals surface area contributed by atoms with Crippen molar-refractivity contribution in [2.45, 2.75) is 25.9 Å². The van der Waals surface area contributed by atoms with Crippen LogP contribution in [0.1, 0.15) is 30.6 Å². The van der Waals surface area contributed by atoms with Crippen LogP contribution in [-0.4, -0.2) is 35.2 Å². The van der Waals surface area contributed by atoms with Gasteiger partial charge in [-0.15, -0.1) is 0 Å². The zero-order valence-electron chi connectivity index (χ0n) is 11.4. The number of aromatic nitrogens is 1. The second-order valence-corrected chi connectivity index (χ2v) is 5.00. The number of nitrogens with zero attached hydrogens (tertiary/aromatic N) is 2. The summed E-state index contributed by atoms with van der Waals surface area (Å²) in [5.74, 6) is -0.752. The van der Waals surface area contributed by atoms with E-state index in [0.29, 0.717) is 6.42 Å². The summed E-state index contributed by atoms with van der Waals surface area (Å²) in [5.41, 5.74) is -0.875. The fourth-order valence-electron chi connectivity index (χ4n) is 1.25. The van der Waals surface area contributed by atoms with E-state index in [2.05, 4.69) is 4.98 Å². The van der Waals surface area contributed by atoms with E-state index in [4.69, 9.17) is 21.1 Å². The highest BCUT2D eigenvalue weighted by atomic mass is 35.5. The SMILES string of the molecule is COC(C)(C)CCOC(=O)c1cc([N+](=O)[O-])cnc1Cl. The summed E-state index contributed by atoms with van der Waals surface area (Å²) >= 11 is 5.73. The highest BCUT2D eigenvalue weighted by Crippen LogP contribution is 2.20. The van der Waals surface area contributed by atoms with Crippen molar-refractivity contribution < 1.29 is 19.2 Å². The Balaban J connectivity index is 2.73. The van der Waals surface area contributed by atoms with E-state index in [1.807, 2.05) is 13.8 Å². The average Bonchev–Trinajstić information content (AvgIpc) is 2.38. The molecule has 0 bridgehead atoms. The van der Waals surface area contributed by atoms with E-state index in [1.165, 1.54) is 0 Å². The van der Waals surface area contributed by atoms with Crippen molar-refractivity contribution in [1.29, 1.82) is 0 Å². The maximum Gasteiger partial charge on any atom is 0.341 e. The summed E-state index contributed by atoms with van der Waals surface area (Å²) in [7, 11) is 1.56. The van der Waals surface area contributed by atoms with Crippen molar-refractivity contribution in [2.24, 2.45) is 0 Å². The van der Waals surface area contributed by atoms with Gasteiger partial charge < -0.3 is 9.47 Å². The molecule has 0 aliphatic heterocycles. The van der Waals surface area contributed by atoms with Gasteiger partial charge in [0.1, 0.15) is 16.9 Å². The minimum Gasteiger partial charge on any atom is -0.462 e. The molecule has 0 saturated carbocycles. The number of ether oxygens (including phenoxy) is 2. The van der Waals surface area contributed by atoms with Gasteiger partial charge >= 0.3 is 5.97 Å². The zero-order chi connectivity index (χ0) is 15.3. The predicted octanol–water partition coefficient (Wildman–Crippen LogP) is 2.62. The van der Waals surface area contributed by atoms with E-state index in [9.17, 15) is 14.9 Å². The fourth-order valence-corrected chi connectivity index (χ4v) is 1.43. The van der Waals surface area contributed by atoms with Crippen LogP contribution in [0.25, 0.3) is 0 Å². The highest BCUT2D eigenvalue weighted by molar-refractivity contribution is 6.32. The lowest BCUT2D eigenvalue weighted by Crippen LogP contribution is -2.25. The second-order valence-electron chi connectivity index (χ2n) is 4.64. The third-order valence-corrected chi connectivity index (χ3v) is 3.05. The molecule has 110 valence electrons. The van der Waals surface area contributed by atoms with Gasteiger partial charge in [-0.3, -0.25) is 10.1 Å². The first-order valence-corrected chi connectivity index (χ1v) is 6.17. The van der Waals surface area contributed by atoms with Crippen molar-refractivity contribution >= 4 is 23.3 Å². The molecule has 0 spiro atoms. The van der Waals surface area contributed by atoms with Gasteiger partial charge in [-0.2, -0.15) is 0 Å². The molecule has 0 aliphatic rings. The largest absolute Gasteiger partial charge is 0.462 e. The van der Waals surface area contributed by atoms with E-state index >= 15 is 0 Å². The van der Waals surface area contributed by atoms with E-state index in [-0.39, 0.29) is 23.0 Å². The average molecular weight is 303 g/mol. The minimum absolute atomic E-state index is 0.110. The molecule has 0 aliphatic carbocycles. The molecular weight excluding hydrogens is 288 g/mol. The van der Waals surface area contributed by atoms with Gasteiger partial charge in [-0.25, -0.2) is 9.78 Å². The van der Waals surface area contributed by atoms with Crippen molar-refractivity contribution in [2.75, 3.05) is 13.7 Å². The Hall–Kier alpha value is -1.73. The number of carbonyl (C=O) groups excluding carboxylic acids is 1. The molecule has 0 aromatic carbocycles. The van der Waals surface area contributed by atoms with Crippen LogP contribution < -0.4 is 0 Å². The molecule has 8 heteroatoms. The third-order valence-electron chi connectivity index (χ3n) is 2.75. The van der Waals surface area contributed by atoms with Crippen molar-refractivity contribution in [3.8, 4) is 0 Å². The number of carbonyl (C=O) groups is 1. The van der Waals surface area contributed by atoms with Crippen molar-refractivity contribution in [3.05, 3.63) is 33.1 Å². The quantitative estimate of drug-likeness (QED) is 0.347. The molecule has 0 atom stereocenters. The lowest BCUT2D eigenvalue weighted by Gasteiger charge is -2.22. The molecule has 1 aromatic heterocycles. The molecule has 1 rings (SSSR count). The van der Waals surface area contributed by atoms with Crippen LogP contribution in [0.5, 0.6) is 0 Å². The van der Waals surface area contributed by atoms with Crippen LogP contribution in [0.2, 0.25) is 5.15 Å². The normalized spacial score (nSPS) is 11.2. The molecule has 0 amide bonds. The van der Waals surface area contributed by atoms with E-state index in [1.54, 1.807) is 7.11 Å². The van der Waals surface area contributed by atoms with Crippen molar-refractivity contribution in [1.82, 2.24) is 4.98 Å². The predicted molar refractivity (Wildman–Crippen MR) is 71.9 cm³/mol. The van der Waals surface area contributed by atoms with Crippen molar-refractivity contribution in [3.63, 3.8) is 0 Å². The van der Waals surface area contributed by atoms with E-state index < -0.39 is 16.5 Å². The van der Waals surface area contributed by atoms with Crippen LogP contribution in [-0.2, 0) is 9.47 Å². The zero-order valence-corrected chi connectivity index (χ0v) is 12.1.